The molecule has 1 aliphatic rings. The fourth-order valence-electron chi connectivity index (χ4n) is 2.76. The molecule has 2 heterocycles. The highest BCUT2D eigenvalue weighted by atomic mass is 15.2. The third-order valence-corrected chi connectivity index (χ3v) is 3.82. The highest BCUT2D eigenvalue weighted by Crippen LogP contribution is 2.17. The van der Waals surface area contributed by atoms with Gasteiger partial charge in [-0.15, -0.1) is 0 Å². The van der Waals surface area contributed by atoms with Gasteiger partial charge in [-0.05, 0) is 26.7 Å². The summed E-state index contributed by atoms with van der Waals surface area (Å²) in [5.74, 6) is 0. The van der Waals surface area contributed by atoms with E-state index in [-0.39, 0.29) is 5.54 Å². The molecule has 0 aromatic carbocycles. The first kappa shape index (κ1) is 13.6. The zero-order chi connectivity index (χ0) is 13.0. The summed E-state index contributed by atoms with van der Waals surface area (Å²) in [5, 5.41) is 3.64. The lowest BCUT2D eigenvalue weighted by Crippen LogP contribution is -2.61. The van der Waals surface area contributed by atoms with E-state index in [0.29, 0.717) is 6.04 Å². The van der Waals surface area contributed by atoms with Gasteiger partial charge in [-0.25, -0.2) is 4.98 Å². The van der Waals surface area contributed by atoms with Crippen molar-refractivity contribution in [2.75, 3.05) is 19.6 Å². The molecule has 0 radical (unpaired) electrons. The molecule has 1 aliphatic heterocycles. The van der Waals surface area contributed by atoms with E-state index in [0.717, 1.165) is 19.6 Å². The van der Waals surface area contributed by atoms with Crippen molar-refractivity contribution in [2.24, 2.45) is 0 Å². The second kappa shape index (κ2) is 5.85. The minimum atomic E-state index is 0.251. The van der Waals surface area contributed by atoms with Gasteiger partial charge in [0.05, 0.1) is 6.33 Å². The molecule has 102 valence electrons. The van der Waals surface area contributed by atoms with Crippen LogP contribution in [0.1, 0.15) is 33.6 Å². The van der Waals surface area contributed by atoms with E-state index in [1.807, 2.05) is 18.7 Å². The molecular weight excluding hydrogens is 224 g/mol. The molecule has 1 N–H and O–H groups in total. The Morgan fingerprint density at radius 2 is 2.22 bits per heavy atom. The predicted octanol–water partition coefficient (Wildman–Crippen LogP) is 1.74. The van der Waals surface area contributed by atoms with Crippen LogP contribution in [0, 0.1) is 0 Å². The first-order valence-corrected chi connectivity index (χ1v) is 7.05. The Labute approximate surface area is 110 Å². The lowest BCUT2D eigenvalue weighted by Gasteiger charge is -2.44. The lowest BCUT2D eigenvalue weighted by atomic mass is 9.97. The van der Waals surface area contributed by atoms with E-state index in [1.165, 1.54) is 19.4 Å². The molecule has 0 aliphatic carbocycles. The van der Waals surface area contributed by atoms with E-state index in [1.54, 1.807) is 0 Å². The zero-order valence-corrected chi connectivity index (χ0v) is 11.9. The summed E-state index contributed by atoms with van der Waals surface area (Å²) in [6, 6.07) is 0.695. The number of hydrogen-bond donors (Lipinski definition) is 1. The van der Waals surface area contributed by atoms with E-state index >= 15 is 0 Å². The zero-order valence-electron chi connectivity index (χ0n) is 11.9. The van der Waals surface area contributed by atoms with Gasteiger partial charge in [0.25, 0.3) is 0 Å². The number of nitrogens with zero attached hydrogens (tertiary/aromatic N) is 3. The van der Waals surface area contributed by atoms with Gasteiger partial charge < -0.3 is 9.88 Å². The van der Waals surface area contributed by atoms with Crippen LogP contribution in [0.25, 0.3) is 0 Å². The lowest BCUT2D eigenvalue weighted by molar-refractivity contribution is 0.0904. The van der Waals surface area contributed by atoms with Gasteiger partial charge in [0.15, 0.2) is 0 Å². The number of aryl methyl sites for hydroxylation is 1. The van der Waals surface area contributed by atoms with Gasteiger partial charge in [-0.3, -0.25) is 4.90 Å². The summed E-state index contributed by atoms with van der Waals surface area (Å²) < 4.78 is 2.16. The van der Waals surface area contributed by atoms with Gasteiger partial charge in [0, 0.05) is 50.2 Å². The van der Waals surface area contributed by atoms with Crippen molar-refractivity contribution in [3.05, 3.63) is 18.7 Å². The highest BCUT2D eigenvalue weighted by Gasteiger charge is 2.30. The van der Waals surface area contributed by atoms with Gasteiger partial charge in [0.1, 0.15) is 0 Å². The van der Waals surface area contributed by atoms with Crippen LogP contribution < -0.4 is 5.32 Å². The summed E-state index contributed by atoms with van der Waals surface area (Å²) in [6.45, 7) is 11.4. The third kappa shape index (κ3) is 3.56. The number of piperazine rings is 1. The highest BCUT2D eigenvalue weighted by molar-refractivity contribution is 4.91. The number of aromatic nitrogens is 2. The molecule has 4 nitrogen and oxygen atoms in total. The van der Waals surface area contributed by atoms with Crippen molar-refractivity contribution >= 4 is 0 Å². The SMILES string of the molecule is CCC1CNC(C)(C)CN1CCCn1ccnc1. The third-order valence-electron chi connectivity index (χ3n) is 3.82. The fraction of sp³-hybridized carbons (Fsp3) is 0.786. The second-order valence-corrected chi connectivity index (χ2v) is 5.95. The van der Waals surface area contributed by atoms with Gasteiger partial charge in [0.2, 0.25) is 0 Å². The topological polar surface area (TPSA) is 33.1 Å². The van der Waals surface area contributed by atoms with E-state index in [4.69, 9.17) is 0 Å². The molecule has 1 fully saturated rings. The number of nitrogens with one attached hydrogen (secondary N) is 1. The van der Waals surface area contributed by atoms with Crippen molar-refractivity contribution < 1.29 is 0 Å². The smallest absolute Gasteiger partial charge is 0.0945 e. The largest absolute Gasteiger partial charge is 0.337 e. The number of hydrogen-bond acceptors (Lipinski definition) is 3. The van der Waals surface area contributed by atoms with Crippen LogP contribution in [0.15, 0.2) is 18.7 Å². The Kier molecular flexibility index (Phi) is 4.40. The normalized spacial score (nSPS) is 24.3. The minimum Gasteiger partial charge on any atom is -0.337 e. The molecule has 18 heavy (non-hydrogen) atoms. The molecular formula is C14H26N4. The Bertz CT molecular complexity index is 345. The van der Waals surface area contributed by atoms with Gasteiger partial charge >= 0.3 is 0 Å². The standard InChI is InChI=1S/C14H26N4/c1-4-13-10-16-14(2,3)11-18(13)8-5-7-17-9-6-15-12-17/h6,9,12-13,16H,4-5,7-8,10-11H2,1-3H3. The summed E-state index contributed by atoms with van der Waals surface area (Å²) >= 11 is 0. The van der Waals surface area contributed by atoms with Crippen LogP contribution in [-0.2, 0) is 6.54 Å². The summed E-state index contributed by atoms with van der Waals surface area (Å²) in [4.78, 5) is 6.73. The second-order valence-electron chi connectivity index (χ2n) is 5.95. The molecule has 1 unspecified atom stereocenters. The fourth-order valence-corrected chi connectivity index (χ4v) is 2.76. The van der Waals surface area contributed by atoms with Gasteiger partial charge in [-0.2, -0.15) is 0 Å². The maximum Gasteiger partial charge on any atom is 0.0945 e. The first-order chi connectivity index (χ1) is 8.61. The van der Waals surface area contributed by atoms with Crippen molar-refractivity contribution in [3.8, 4) is 0 Å². The molecule has 0 spiro atoms. The Morgan fingerprint density at radius 1 is 1.39 bits per heavy atom. The monoisotopic (exact) mass is 250 g/mol. The Hall–Kier alpha value is -0.870. The van der Waals surface area contributed by atoms with Crippen LogP contribution in [0.2, 0.25) is 0 Å². The maximum absolute atomic E-state index is 4.08. The van der Waals surface area contributed by atoms with Crippen molar-refractivity contribution in [2.45, 2.75) is 51.7 Å². The summed E-state index contributed by atoms with van der Waals surface area (Å²) in [6.07, 6.45) is 8.22. The average molecular weight is 250 g/mol. The minimum absolute atomic E-state index is 0.251. The van der Waals surface area contributed by atoms with Crippen molar-refractivity contribution in [1.29, 1.82) is 0 Å². The Morgan fingerprint density at radius 3 is 2.89 bits per heavy atom. The average Bonchev–Trinajstić information content (AvgIpc) is 2.81. The number of rotatable bonds is 5. The molecule has 0 amide bonds. The summed E-state index contributed by atoms with van der Waals surface area (Å²) in [5.41, 5.74) is 0.251. The van der Waals surface area contributed by atoms with E-state index in [2.05, 4.69) is 40.5 Å². The maximum atomic E-state index is 4.08. The Balaban J connectivity index is 1.81. The first-order valence-electron chi connectivity index (χ1n) is 7.05. The molecule has 0 bridgehead atoms. The predicted molar refractivity (Wildman–Crippen MR) is 74.6 cm³/mol. The molecule has 1 saturated heterocycles. The van der Waals surface area contributed by atoms with Crippen LogP contribution >= 0.6 is 0 Å². The van der Waals surface area contributed by atoms with Crippen LogP contribution in [0.3, 0.4) is 0 Å². The van der Waals surface area contributed by atoms with Crippen LogP contribution in [-0.4, -0.2) is 45.7 Å². The van der Waals surface area contributed by atoms with E-state index in [9.17, 15) is 0 Å². The quantitative estimate of drug-likeness (QED) is 0.864. The molecule has 4 heteroatoms. The van der Waals surface area contributed by atoms with Gasteiger partial charge in [-0.1, -0.05) is 6.92 Å². The molecule has 2 rings (SSSR count). The van der Waals surface area contributed by atoms with Crippen molar-refractivity contribution in [1.82, 2.24) is 19.8 Å². The van der Waals surface area contributed by atoms with Crippen molar-refractivity contribution in [3.63, 3.8) is 0 Å². The number of imidazole rings is 1. The molecule has 1 atom stereocenters. The van der Waals surface area contributed by atoms with E-state index < -0.39 is 0 Å². The molecule has 1 aromatic heterocycles. The summed E-state index contributed by atoms with van der Waals surface area (Å²) in [7, 11) is 0. The van der Waals surface area contributed by atoms with Crippen LogP contribution in [0.5, 0.6) is 0 Å². The molecule has 0 saturated carbocycles. The molecule has 1 aromatic rings. The van der Waals surface area contributed by atoms with Crippen LogP contribution in [0.4, 0.5) is 0 Å².